The first-order chi connectivity index (χ1) is 9.88. The van der Waals surface area contributed by atoms with Crippen molar-refractivity contribution < 1.29 is 9.90 Å². The van der Waals surface area contributed by atoms with Crippen LogP contribution in [0.25, 0.3) is 0 Å². The Hall–Kier alpha value is -1.30. The smallest absolute Gasteiger partial charge is 0.348 e. The minimum absolute atomic E-state index is 0.0861. The number of hydrogen-bond donors (Lipinski definition) is 1. The minimum atomic E-state index is -0.895. The summed E-state index contributed by atoms with van der Waals surface area (Å²) >= 11 is 1.81. The number of rotatable bonds is 5. The first-order valence-electron chi connectivity index (χ1n) is 7.22. The molecule has 5 nitrogen and oxygen atoms in total. The van der Waals surface area contributed by atoms with Gasteiger partial charge in [0, 0.05) is 28.2 Å². The van der Waals surface area contributed by atoms with Crippen molar-refractivity contribution in [2.24, 2.45) is 0 Å². The molecule has 0 spiro atoms. The van der Waals surface area contributed by atoms with E-state index < -0.39 is 5.97 Å². The number of carboxylic acids is 1. The summed E-state index contributed by atoms with van der Waals surface area (Å²) in [5.74, 6) is -0.895. The van der Waals surface area contributed by atoms with Crippen molar-refractivity contribution in [2.45, 2.75) is 57.2 Å². The number of aliphatic carboxylic acids is 1. The number of nitrogens with zero attached hydrogens (tertiary/aromatic N) is 2. The Bertz CT molecular complexity index is 604. The van der Waals surface area contributed by atoms with Crippen LogP contribution in [-0.2, 0) is 17.8 Å². The topological polar surface area (TPSA) is 72.2 Å². The van der Waals surface area contributed by atoms with Crippen molar-refractivity contribution in [3.8, 4) is 0 Å². The molecule has 1 saturated carbocycles. The van der Waals surface area contributed by atoms with Gasteiger partial charge in [0.1, 0.15) is 0 Å². The van der Waals surface area contributed by atoms with Crippen molar-refractivity contribution in [1.29, 1.82) is 0 Å². The second-order valence-corrected chi connectivity index (χ2v) is 7.07. The molecule has 0 bridgehead atoms. The average Bonchev–Trinajstić information content (AvgIpc) is 2.89. The molecule has 0 saturated heterocycles. The molecule has 2 rings (SSSR count). The summed E-state index contributed by atoms with van der Waals surface area (Å²) in [5.41, 5.74) is 1.67. The summed E-state index contributed by atoms with van der Waals surface area (Å²) in [6, 6.07) is 0. The lowest BCUT2D eigenvalue weighted by molar-refractivity contribution is -0.136. The number of thioether (sulfide) groups is 1. The maximum Gasteiger partial charge on any atom is 0.348 e. The fourth-order valence-corrected chi connectivity index (χ4v) is 4.12. The third-order valence-electron chi connectivity index (χ3n) is 4.49. The second-order valence-electron chi connectivity index (χ2n) is 5.79. The van der Waals surface area contributed by atoms with E-state index in [1.807, 2.05) is 18.7 Å². The standard InChI is InChI=1S/C15H22N2O3S/c1-10-12(8-13(18)19)11(2)17(14(20)16-10)9-15(21-3)6-4-5-7-15/h4-9H2,1-3H3,(H,18,19). The maximum atomic E-state index is 12.2. The Balaban J connectivity index is 2.43. The Morgan fingerprint density at radius 1 is 1.38 bits per heavy atom. The molecule has 0 aliphatic heterocycles. The molecule has 1 N–H and O–H groups in total. The van der Waals surface area contributed by atoms with Gasteiger partial charge in [-0.25, -0.2) is 4.79 Å². The molecular formula is C15H22N2O3S. The summed E-state index contributed by atoms with van der Waals surface area (Å²) in [6.07, 6.45) is 6.58. The summed E-state index contributed by atoms with van der Waals surface area (Å²) in [4.78, 5) is 27.3. The van der Waals surface area contributed by atoms with Crippen LogP contribution in [-0.4, -0.2) is 31.6 Å². The van der Waals surface area contributed by atoms with E-state index in [1.165, 1.54) is 12.8 Å². The maximum absolute atomic E-state index is 12.2. The largest absolute Gasteiger partial charge is 0.481 e. The summed E-state index contributed by atoms with van der Waals surface area (Å²) < 4.78 is 1.76. The van der Waals surface area contributed by atoms with E-state index in [2.05, 4.69) is 11.2 Å². The lowest BCUT2D eigenvalue weighted by atomic mass is 10.1. The highest BCUT2D eigenvalue weighted by Gasteiger charge is 2.34. The quantitative estimate of drug-likeness (QED) is 0.902. The van der Waals surface area contributed by atoms with Crippen LogP contribution in [0.3, 0.4) is 0 Å². The predicted octanol–water partition coefficient (Wildman–Crippen LogP) is 2.16. The van der Waals surface area contributed by atoms with E-state index in [1.54, 1.807) is 11.5 Å². The Morgan fingerprint density at radius 2 is 2.00 bits per heavy atom. The van der Waals surface area contributed by atoms with Crippen LogP contribution in [0.1, 0.15) is 42.6 Å². The molecule has 21 heavy (non-hydrogen) atoms. The lowest BCUT2D eigenvalue weighted by Gasteiger charge is -2.29. The van der Waals surface area contributed by atoms with Crippen molar-refractivity contribution >= 4 is 17.7 Å². The van der Waals surface area contributed by atoms with Crippen LogP contribution in [0, 0.1) is 13.8 Å². The van der Waals surface area contributed by atoms with Gasteiger partial charge in [-0.05, 0) is 32.9 Å². The van der Waals surface area contributed by atoms with Crippen molar-refractivity contribution in [3.05, 3.63) is 27.4 Å². The van der Waals surface area contributed by atoms with Crippen molar-refractivity contribution in [1.82, 2.24) is 9.55 Å². The van der Waals surface area contributed by atoms with E-state index in [0.29, 0.717) is 17.8 Å². The van der Waals surface area contributed by atoms with Gasteiger partial charge >= 0.3 is 11.7 Å². The van der Waals surface area contributed by atoms with E-state index >= 15 is 0 Å². The Morgan fingerprint density at radius 3 is 2.52 bits per heavy atom. The molecule has 0 amide bonds. The molecular weight excluding hydrogens is 288 g/mol. The third kappa shape index (κ3) is 3.31. The zero-order chi connectivity index (χ0) is 15.6. The van der Waals surface area contributed by atoms with Crippen LogP contribution in [0.2, 0.25) is 0 Å². The van der Waals surface area contributed by atoms with Gasteiger partial charge in [-0.3, -0.25) is 9.36 Å². The summed E-state index contributed by atoms with van der Waals surface area (Å²) in [5, 5.41) is 9.04. The van der Waals surface area contributed by atoms with Crippen molar-refractivity contribution in [3.63, 3.8) is 0 Å². The number of hydrogen-bond acceptors (Lipinski definition) is 4. The van der Waals surface area contributed by atoms with Gasteiger partial charge in [0.2, 0.25) is 0 Å². The highest BCUT2D eigenvalue weighted by atomic mass is 32.2. The molecule has 1 fully saturated rings. The predicted molar refractivity (Wildman–Crippen MR) is 84.0 cm³/mol. The Kier molecular flexibility index (Phi) is 4.76. The van der Waals surface area contributed by atoms with Crippen LogP contribution < -0.4 is 5.69 Å². The lowest BCUT2D eigenvalue weighted by Crippen LogP contribution is -2.36. The number of carboxylic acid groups (broad SMARTS) is 1. The Labute approximate surface area is 128 Å². The molecule has 0 unspecified atom stereocenters. The number of aromatic nitrogens is 2. The normalized spacial score (nSPS) is 17.1. The van der Waals surface area contributed by atoms with E-state index in [0.717, 1.165) is 18.5 Å². The number of carbonyl (C=O) groups is 1. The molecule has 1 aromatic heterocycles. The molecule has 1 aliphatic rings. The molecule has 0 atom stereocenters. The monoisotopic (exact) mass is 310 g/mol. The highest BCUT2D eigenvalue weighted by molar-refractivity contribution is 8.00. The zero-order valence-electron chi connectivity index (χ0n) is 12.8. The molecule has 1 aromatic rings. The molecule has 6 heteroatoms. The first-order valence-corrected chi connectivity index (χ1v) is 8.45. The van der Waals surface area contributed by atoms with E-state index in [-0.39, 0.29) is 16.9 Å². The van der Waals surface area contributed by atoms with Gasteiger partial charge in [-0.2, -0.15) is 16.7 Å². The van der Waals surface area contributed by atoms with Gasteiger partial charge in [-0.15, -0.1) is 0 Å². The van der Waals surface area contributed by atoms with Crippen LogP contribution in [0.15, 0.2) is 4.79 Å². The molecule has 116 valence electrons. The number of aryl methyl sites for hydroxylation is 1. The SMILES string of the molecule is CSC1(Cn2c(C)c(CC(=O)O)c(C)nc2=O)CCCC1. The van der Waals surface area contributed by atoms with E-state index in [9.17, 15) is 9.59 Å². The van der Waals surface area contributed by atoms with Gasteiger partial charge in [0.15, 0.2) is 0 Å². The molecule has 1 heterocycles. The first kappa shape index (κ1) is 16.1. The summed E-state index contributed by atoms with van der Waals surface area (Å²) in [7, 11) is 0. The highest BCUT2D eigenvalue weighted by Crippen LogP contribution is 2.41. The van der Waals surface area contributed by atoms with Crippen LogP contribution in [0.4, 0.5) is 0 Å². The summed E-state index contributed by atoms with van der Waals surface area (Å²) in [6.45, 7) is 4.16. The van der Waals surface area contributed by atoms with Gasteiger partial charge < -0.3 is 5.11 Å². The van der Waals surface area contributed by atoms with Gasteiger partial charge in [0.05, 0.1) is 6.42 Å². The molecule has 0 aromatic carbocycles. The average molecular weight is 310 g/mol. The van der Waals surface area contributed by atoms with E-state index in [4.69, 9.17) is 5.11 Å². The third-order valence-corrected chi connectivity index (χ3v) is 5.90. The molecule has 1 aliphatic carbocycles. The van der Waals surface area contributed by atoms with Crippen LogP contribution >= 0.6 is 11.8 Å². The molecule has 0 radical (unpaired) electrons. The fourth-order valence-electron chi connectivity index (χ4n) is 3.17. The van der Waals surface area contributed by atoms with Crippen LogP contribution in [0.5, 0.6) is 0 Å². The second kappa shape index (κ2) is 6.22. The van der Waals surface area contributed by atoms with Gasteiger partial charge in [0.25, 0.3) is 0 Å². The zero-order valence-corrected chi connectivity index (χ0v) is 13.6. The van der Waals surface area contributed by atoms with Crippen molar-refractivity contribution in [2.75, 3.05) is 6.26 Å². The fraction of sp³-hybridized carbons (Fsp3) is 0.667. The minimum Gasteiger partial charge on any atom is -0.481 e. The van der Waals surface area contributed by atoms with Gasteiger partial charge in [-0.1, -0.05) is 12.8 Å².